The Bertz CT molecular complexity index is 231. The Morgan fingerprint density at radius 2 is 2.40 bits per heavy atom. The van der Waals surface area contributed by atoms with E-state index in [1.165, 1.54) is 0 Å². The molecular formula is C10H19N3O2. The van der Waals surface area contributed by atoms with Crippen molar-refractivity contribution in [1.82, 2.24) is 16.0 Å². The fourth-order valence-electron chi connectivity index (χ4n) is 1.62. The van der Waals surface area contributed by atoms with E-state index in [0.29, 0.717) is 13.0 Å². The molecule has 5 nitrogen and oxygen atoms in total. The van der Waals surface area contributed by atoms with Gasteiger partial charge in [0.15, 0.2) is 0 Å². The lowest BCUT2D eigenvalue weighted by Gasteiger charge is -2.22. The molecule has 86 valence electrons. The molecule has 1 aliphatic rings. The minimum atomic E-state index is -0.0663. The molecule has 1 rings (SSSR count). The number of hydrogen-bond donors (Lipinski definition) is 3. The van der Waals surface area contributed by atoms with Gasteiger partial charge in [0.25, 0.3) is 0 Å². The van der Waals surface area contributed by atoms with Gasteiger partial charge in [-0.25, -0.2) is 0 Å². The molecular weight excluding hydrogens is 194 g/mol. The minimum absolute atomic E-state index is 0.0462. The zero-order valence-corrected chi connectivity index (χ0v) is 9.14. The van der Waals surface area contributed by atoms with Crippen LogP contribution in [0.15, 0.2) is 0 Å². The Kier molecular flexibility index (Phi) is 5.10. The summed E-state index contributed by atoms with van der Waals surface area (Å²) in [4.78, 5) is 22.2. The first kappa shape index (κ1) is 12.0. The van der Waals surface area contributed by atoms with E-state index in [9.17, 15) is 9.59 Å². The van der Waals surface area contributed by atoms with Crippen molar-refractivity contribution < 1.29 is 9.59 Å². The van der Waals surface area contributed by atoms with Crippen molar-refractivity contribution in [2.75, 3.05) is 20.1 Å². The van der Waals surface area contributed by atoms with Gasteiger partial charge >= 0.3 is 0 Å². The van der Waals surface area contributed by atoms with E-state index >= 15 is 0 Å². The molecule has 5 heteroatoms. The fraction of sp³-hybridized carbons (Fsp3) is 0.800. The van der Waals surface area contributed by atoms with Gasteiger partial charge in [-0.1, -0.05) is 0 Å². The Labute approximate surface area is 90.0 Å². The predicted octanol–water partition coefficient (Wildman–Crippen LogP) is -0.619. The van der Waals surface area contributed by atoms with Crippen LogP contribution >= 0.6 is 0 Å². The highest BCUT2D eigenvalue weighted by molar-refractivity contribution is 5.82. The molecule has 0 aromatic heterocycles. The zero-order chi connectivity index (χ0) is 11.1. The van der Waals surface area contributed by atoms with Crippen molar-refractivity contribution >= 4 is 11.8 Å². The number of nitrogens with one attached hydrogen (secondary N) is 3. The Morgan fingerprint density at radius 3 is 3.07 bits per heavy atom. The number of piperidine rings is 1. The molecule has 0 aromatic carbocycles. The van der Waals surface area contributed by atoms with Gasteiger partial charge < -0.3 is 16.0 Å². The first-order chi connectivity index (χ1) is 7.24. The van der Waals surface area contributed by atoms with E-state index in [1.807, 2.05) is 0 Å². The van der Waals surface area contributed by atoms with Crippen LogP contribution in [-0.2, 0) is 9.59 Å². The highest BCUT2D eigenvalue weighted by atomic mass is 16.2. The quantitative estimate of drug-likeness (QED) is 0.533. The molecule has 1 fully saturated rings. The third-order valence-electron chi connectivity index (χ3n) is 2.54. The van der Waals surface area contributed by atoms with Crippen LogP contribution < -0.4 is 16.0 Å². The minimum Gasteiger partial charge on any atom is -0.359 e. The number of amides is 2. The molecule has 0 saturated carbocycles. The summed E-state index contributed by atoms with van der Waals surface area (Å²) in [5, 5.41) is 8.54. The molecule has 0 bridgehead atoms. The van der Waals surface area contributed by atoms with Gasteiger partial charge in [-0.2, -0.15) is 0 Å². The molecule has 1 saturated heterocycles. The highest BCUT2D eigenvalue weighted by Crippen LogP contribution is 2.02. The molecule has 15 heavy (non-hydrogen) atoms. The molecule has 3 N–H and O–H groups in total. The monoisotopic (exact) mass is 213 g/mol. The predicted molar refractivity (Wildman–Crippen MR) is 57.3 cm³/mol. The van der Waals surface area contributed by atoms with Crippen molar-refractivity contribution in [1.29, 1.82) is 0 Å². The second-order valence-corrected chi connectivity index (χ2v) is 3.72. The van der Waals surface area contributed by atoms with Gasteiger partial charge in [0.05, 0.1) is 6.04 Å². The van der Waals surface area contributed by atoms with Gasteiger partial charge in [0, 0.05) is 20.0 Å². The van der Waals surface area contributed by atoms with Crippen molar-refractivity contribution in [3.05, 3.63) is 0 Å². The van der Waals surface area contributed by atoms with Crippen molar-refractivity contribution in [3.63, 3.8) is 0 Å². The maximum atomic E-state index is 11.3. The largest absolute Gasteiger partial charge is 0.359 e. The van der Waals surface area contributed by atoms with E-state index in [0.717, 1.165) is 25.8 Å². The summed E-state index contributed by atoms with van der Waals surface area (Å²) in [6, 6.07) is -0.0663. The average Bonchev–Trinajstić information content (AvgIpc) is 2.26. The molecule has 0 aliphatic carbocycles. The zero-order valence-electron chi connectivity index (χ0n) is 9.14. The highest BCUT2D eigenvalue weighted by Gasteiger charge is 2.20. The van der Waals surface area contributed by atoms with E-state index in [4.69, 9.17) is 0 Å². The van der Waals surface area contributed by atoms with Crippen LogP contribution in [-0.4, -0.2) is 38.0 Å². The smallest absolute Gasteiger partial charge is 0.237 e. The SMILES string of the molecule is CNC(=O)CCCNC1CCCNC1=O. The van der Waals surface area contributed by atoms with E-state index in [1.54, 1.807) is 7.05 Å². The van der Waals surface area contributed by atoms with Crippen molar-refractivity contribution in [3.8, 4) is 0 Å². The lowest BCUT2D eigenvalue weighted by Crippen LogP contribution is -2.48. The van der Waals surface area contributed by atoms with Gasteiger partial charge in [-0.05, 0) is 25.8 Å². The second kappa shape index (κ2) is 6.40. The molecule has 0 aromatic rings. The van der Waals surface area contributed by atoms with Crippen molar-refractivity contribution in [2.24, 2.45) is 0 Å². The van der Waals surface area contributed by atoms with Gasteiger partial charge in [-0.15, -0.1) is 0 Å². The molecule has 1 atom stereocenters. The van der Waals surface area contributed by atoms with Crippen LogP contribution in [0.3, 0.4) is 0 Å². The average molecular weight is 213 g/mol. The number of hydrogen-bond acceptors (Lipinski definition) is 3. The summed E-state index contributed by atoms with van der Waals surface area (Å²) in [5.74, 6) is 0.131. The first-order valence-electron chi connectivity index (χ1n) is 5.45. The lowest BCUT2D eigenvalue weighted by molar-refractivity contribution is -0.124. The third kappa shape index (κ3) is 4.29. The molecule has 0 spiro atoms. The first-order valence-corrected chi connectivity index (χ1v) is 5.45. The molecule has 2 amide bonds. The standard InChI is InChI=1S/C10H19N3O2/c1-11-9(14)5-3-6-12-8-4-2-7-13-10(8)15/h8,12H,2-7H2,1H3,(H,11,14)(H,13,15). The van der Waals surface area contributed by atoms with E-state index in [-0.39, 0.29) is 17.9 Å². The summed E-state index contributed by atoms with van der Waals surface area (Å²) in [6.45, 7) is 1.50. The summed E-state index contributed by atoms with van der Waals surface area (Å²) < 4.78 is 0. The van der Waals surface area contributed by atoms with Crippen LogP contribution in [0.25, 0.3) is 0 Å². The molecule has 0 radical (unpaired) electrons. The number of carbonyl (C=O) groups is 2. The summed E-state index contributed by atoms with van der Waals surface area (Å²) >= 11 is 0. The maximum Gasteiger partial charge on any atom is 0.237 e. The summed E-state index contributed by atoms with van der Waals surface area (Å²) in [5.41, 5.74) is 0. The van der Waals surface area contributed by atoms with E-state index in [2.05, 4.69) is 16.0 Å². The van der Waals surface area contributed by atoms with Crippen LogP contribution in [0.1, 0.15) is 25.7 Å². The Hall–Kier alpha value is -1.10. The maximum absolute atomic E-state index is 11.3. The summed E-state index contributed by atoms with van der Waals surface area (Å²) in [7, 11) is 1.63. The topological polar surface area (TPSA) is 70.2 Å². The fourth-order valence-corrected chi connectivity index (χ4v) is 1.62. The van der Waals surface area contributed by atoms with Crippen LogP contribution in [0, 0.1) is 0 Å². The molecule has 1 aliphatic heterocycles. The number of carbonyl (C=O) groups excluding carboxylic acids is 2. The van der Waals surface area contributed by atoms with Crippen LogP contribution in [0.2, 0.25) is 0 Å². The van der Waals surface area contributed by atoms with E-state index < -0.39 is 0 Å². The Balaban J connectivity index is 2.08. The lowest BCUT2D eigenvalue weighted by atomic mass is 10.1. The second-order valence-electron chi connectivity index (χ2n) is 3.72. The normalized spacial score (nSPS) is 20.9. The van der Waals surface area contributed by atoms with Gasteiger partial charge in [0.2, 0.25) is 11.8 Å². The van der Waals surface area contributed by atoms with Gasteiger partial charge in [0.1, 0.15) is 0 Å². The summed E-state index contributed by atoms with van der Waals surface area (Å²) in [6.07, 6.45) is 3.20. The van der Waals surface area contributed by atoms with Crippen molar-refractivity contribution in [2.45, 2.75) is 31.7 Å². The third-order valence-corrected chi connectivity index (χ3v) is 2.54. The molecule has 1 unspecified atom stereocenters. The van der Waals surface area contributed by atoms with Gasteiger partial charge in [-0.3, -0.25) is 9.59 Å². The van der Waals surface area contributed by atoms with Crippen LogP contribution in [0.5, 0.6) is 0 Å². The van der Waals surface area contributed by atoms with Crippen LogP contribution in [0.4, 0.5) is 0 Å². The Morgan fingerprint density at radius 1 is 1.60 bits per heavy atom. The molecule has 1 heterocycles. The number of rotatable bonds is 5.